The topological polar surface area (TPSA) is 71.1 Å². The Morgan fingerprint density at radius 1 is 1.04 bits per heavy atom. The minimum atomic E-state index is -5.06. The molecule has 1 heterocycles. The molecule has 5 nitrogen and oxygen atoms in total. The molecule has 2 aromatic rings. The molecule has 1 aromatic carbocycles. The van der Waals surface area contributed by atoms with Gasteiger partial charge in [-0.2, -0.15) is 13.2 Å². The molecule has 0 aliphatic carbocycles. The third kappa shape index (κ3) is 3.64. The van der Waals surface area contributed by atoms with Gasteiger partial charge >= 0.3 is 12.1 Å². The first-order valence-electron chi connectivity index (χ1n) is 7.07. The quantitative estimate of drug-likeness (QED) is 0.903. The van der Waals surface area contributed by atoms with Gasteiger partial charge in [-0.15, -0.1) is 0 Å². The van der Waals surface area contributed by atoms with Crippen LogP contribution in [-0.2, 0) is 9.59 Å². The van der Waals surface area contributed by atoms with E-state index in [1.165, 1.54) is 13.8 Å². The maximum absolute atomic E-state index is 12.4. The molecular weight excluding hydrogens is 323 g/mol. The van der Waals surface area contributed by atoms with E-state index in [4.69, 9.17) is 0 Å². The summed E-state index contributed by atoms with van der Waals surface area (Å²) in [6.45, 7) is 4.20. The Morgan fingerprint density at radius 2 is 1.71 bits per heavy atom. The monoisotopic (exact) mass is 339 g/mol. The minimum Gasteiger partial charge on any atom is -0.334 e. The van der Waals surface area contributed by atoms with Crippen molar-refractivity contribution in [2.24, 2.45) is 0 Å². The summed E-state index contributed by atoms with van der Waals surface area (Å²) in [4.78, 5) is 27.5. The third-order valence-electron chi connectivity index (χ3n) is 3.50. The normalized spacial score (nSPS) is 12.1. The zero-order chi connectivity index (χ0) is 18.1. The molecule has 0 aliphatic rings. The molecule has 0 spiro atoms. The van der Waals surface area contributed by atoms with E-state index in [1.54, 1.807) is 36.6 Å². The second kappa shape index (κ2) is 6.10. The van der Waals surface area contributed by atoms with Crippen LogP contribution >= 0.6 is 0 Å². The number of hydrogen-bond donors (Lipinski definition) is 2. The van der Waals surface area contributed by atoms with Gasteiger partial charge in [0, 0.05) is 28.4 Å². The molecule has 0 radical (unpaired) electrons. The lowest BCUT2D eigenvalue weighted by Crippen LogP contribution is -2.55. The van der Waals surface area contributed by atoms with Gasteiger partial charge in [-0.1, -0.05) is 12.1 Å². The van der Waals surface area contributed by atoms with Gasteiger partial charge in [0.25, 0.3) is 0 Å². The smallest absolute Gasteiger partial charge is 0.334 e. The lowest BCUT2D eigenvalue weighted by Gasteiger charge is -2.26. The molecule has 2 rings (SSSR count). The van der Waals surface area contributed by atoms with E-state index in [0.717, 1.165) is 11.1 Å². The number of anilines is 1. The van der Waals surface area contributed by atoms with E-state index in [2.05, 4.69) is 10.3 Å². The van der Waals surface area contributed by atoms with E-state index in [-0.39, 0.29) is 0 Å². The minimum absolute atomic E-state index is 0.428. The van der Waals surface area contributed by atoms with Crippen molar-refractivity contribution in [2.45, 2.75) is 32.5 Å². The highest BCUT2D eigenvalue weighted by Gasteiger charge is 2.43. The van der Waals surface area contributed by atoms with Crippen LogP contribution in [0, 0.1) is 6.92 Å². The van der Waals surface area contributed by atoms with Crippen LogP contribution in [0.4, 0.5) is 18.9 Å². The van der Waals surface area contributed by atoms with Gasteiger partial charge in [-0.3, -0.25) is 14.6 Å². The second-order valence-electron chi connectivity index (χ2n) is 5.83. The fourth-order valence-corrected chi connectivity index (χ4v) is 2.15. The fourth-order valence-electron chi connectivity index (χ4n) is 2.15. The number of halogens is 3. The van der Waals surface area contributed by atoms with Crippen LogP contribution < -0.4 is 10.6 Å². The van der Waals surface area contributed by atoms with Crippen molar-refractivity contribution >= 4 is 28.3 Å². The molecule has 128 valence electrons. The van der Waals surface area contributed by atoms with Gasteiger partial charge in [0.1, 0.15) is 5.54 Å². The van der Waals surface area contributed by atoms with E-state index < -0.39 is 23.5 Å². The number of aryl methyl sites for hydroxylation is 1. The van der Waals surface area contributed by atoms with Crippen molar-refractivity contribution in [2.75, 3.05) is 5.32 Å². The predicted octanol–water partition coefficient (Wildman–Crippen LogP) is 2.94. The zero-order valence-electron chi connectivity index (χ0n) is 13.3. The number of benzene rings is 1. The standard InChI is InChI=1S/C16H16F3N3O2/c1-9-10-5-4-6-12(11(10)7-8-20-9)21-13(23)15(2,3)22-14(24)16(17,18)19/h4-8H,1-3H3,(H,21,23)(H,22,24). The molecule has 0 unspecified atom stereocenters. The Bertz CT molecular complexity index is 801. The molecule has 0 aliphatic heterocycles. The van der Waals surface area contributed by atoms with Crippen LogP contribution in [-0.4, -0.2) is 28.5 Å². The molecule has 8 heteroatoms. The summed E-state index contributed by atoms with van der Waals surface area (Å²) in [6, 6.07) is 6.85. The number of alkyl halides is 3. The number of carbonyl (C=O) groups excluding carboxylic acids is 2. The van der Waals surface area contributed by atoms with Crippen molar-refractivity contribution in [3.8, 4) is 0 Å². The summed E-state index contributed by atoms with van der Waals surface area (Å²) in [5, 5.41) is 5.77. The second-order valence-corrected chi connectivity index (χ2v) is 5.83. The lowest BCUT2D eigenvalue weighted by atomic mass is 10.0. The van der Waals surface area contributed by atoms with Gasteiger partial charge < -0.3 is 10.6 Å². The van der Waals surface area contributed by atoms with Crippen molar-refractivity contribution in [3.05, 3.63) is 36.2 Å². The van der Waals surface area contributed by atoms with Gasteiger partial charge in [0.15, 0.2) is 0 Å². The Balaban J connectivity index is 2.26. The van der Waals surface area contributed by atoms with E-state index in [1.807, 2.05) is 6.07 Å². The average Bonchev–Trinajstić information content (AvgIpc) is 2.47. The Hall–Kier alpha value is -2.64. The number of fused-ring (bicyclic) bond motifs is 1. The van der Waals surface area contributed by atoms with Crippen LogP contribution in [0.5, 0.6) is 0 Å². The number of nitrogens with one attached hydrogen (secondary N) is 2. The number of hydrogen-bond acceptors (Lipinski definition) is 3. The number of rotatable bonds is 3. The molecule has 0 saturated carbocycles. The van der Waals surface area contributed by atoms with Crippen LogP contribution in [0.2, 0.25) is 0 Å². The van der Waals surface area contributed by atoms with Crippen molar-refractivity contribution < 1.29 is 22.8 Å². The highest BCUT2D eigenvalue weighted by molar-refractivity contribution is 6.06. The van der Waals surface area contributed by atoms with Crippen LogP contribution in [0.15, 0.2) is 30.5 Å². The fraction of sp³-hybridized carbons (Fsp3) is 0.312. The van der Waals surface area contributed by atoms with Crippen molar-refractivity contribution in [1.29, 1.82) is 0 Å². The molecular formula is C16H16F3N3O2. The average molecular weight is 339 g/mol. The summed E-state index contributed by atoms with van der Waals surface area (Å²) < 4.78 is 37.1. The third-order valence-corrected chi connectivity index (χ3v) is 3.50. The first-order valence-corrected chi connectivity index (χ1v) is 7.07. The lowest BCUT2D eigenvalue weighted by molar-refractivity contribution is -0.175. The summed E-state index contributed by atoms with van der Waals surface area (Å²) in [7, 11) is 0. The highest BCUT2D eigenvalue weighted by Crippen LogP contribution is 2.25. The van der Waals surface area contributed by atoms with Crippen LogP contribution in [0.1, 0.15) is 19.5 Å². The van der Waals surface area contributed by atoms with E-state index in [0.29, 0.717) is 11.1 Å². The first kappa shape index (κ1) is 17.7. The number of pyridine rings is 1. The summed E-state index contributed by atoms with van der Waals surface area (Å²) in [5.74, 6) is -2.93. The molecule has 0 bridgehead atoms. The Kier molecular flexibility index (Phi) is 4.50. The molecule has 2 amide bonds. The number of amides is 2. The SMILES string of the molecule is Cc1nccc2c(NC(=O)C(C)(C)NC(=O)C(F)(F)F)cccc12. The molecule has 1 aromatic heterocycles. The molecule has 24 heavy (non-hydrogen) atoms. The Morgan fingerprint density at radius 3 is 2.33 bits per heavy atom. The number of nitrogens with zero attached hydrogens (tertiary/aromatic N) is 1. The largest absolute Gasteiger partial charge is 0.471 e. The highest BCUT2D eigenvalue weighted by atomic mass is 19.4. The predicted molar refractivity (Wildman–Crippen MR) is 83.4 cm³/mol. The van der Waals surface area contributed by atoms with Gasteiger partial charge in [-0.25, -0.2) is 0 Å². The zero-order valence-corrected chi connectivity index (χ0v) is 13.3. The van der Waals surface area contributed by atoms with Gasteiger partial charge in [0.05, 0.1) is 0 Å². The van der Waals surface area contributed by atoms with Crippen LogP contribution in [0.3, 0.4) is 0 Å². The maximum Gasteiger partial charge on any atom is 0.471 e. The summed E-state index contributed by atoms with van der Waals surface area (Å²) >= 11 is 0. The van der Waals surface area contributed by atoms with Crippen molar-refractivity contribution in [3.63, 3.8) is 0 Å². The van der Waals surface area contributed by atoms with Crippen molar-refractivity contribution in [1.82, 2.24) is 10.3 Å². The van der Waals surface area contributed by atoms with E-state index >= 15 is 0 Å². The molecule has 0 saturated heterocycles. The molecule has 2 N–H and O–H groups in total. The summed E-state index contributed by atoms with van der Waals surface area (Å²) in [5.41, 5.74) is -0.554. The van der Waals surface area contributed by atoms with Gasteiger partial charge in [0.2, 0.25) is 5.91 Å². The first-order chi connectivity index (χ1) is 11.0. The summed E-state index contributed by atoms with van der Waals surface area (Å²) in [6.07, 6.45) is -3.48. The van der Waals surface area contributed by atoms with Gasteiger partial charge in [-0.05, 0) is 32.9 Å². The van der Waals surface area contributed by atoms with Crippen LogP contribution in [0.25, 0.3) is 10.8 Å². The Labute approximate surface area is 136 Å². The number of aromatic nitrogens is 1. The number of carbonyl (C=O) groups is 2. The molecule has 0 fully saturated rings. The van der Waals surface area contributed by atoms with E-state index in [9.17, 15) is 22.8 Å². The molecule has 0 atom stereocenters. The maximum atomic E-state index is 12.4.